The predicted octanol–water partition coefficient (Wildman–Crippen LogP) is 4.66. The minimum absolute atomic E-state index is 0.219. The molecule has 0 amide bonds. The highest BCUT2D eigenvalue weighted by Gasteiger charge is 2.34. The Hall–Kier alpha value is -3.42. The zero-order valence-corrected chi connectivity index (χ0v) is 21.9. The third-order valence-electron chi connectivity index (χ3n) is 6.08. The number of benzene rings is 2. The number of thiazole rings is 1. The van der Waals surface area contributed by atoms with Crippen molar-refractivity contribution < 1.29 is 14.3 Å². The second kappa shape index (κ2) is 9.56. The van der Waals surface area contributed by atoms with Crippen LogP contribution in [-0.4, -0.2) is 22.7 Å². The molecule has 2 aromatic carbocycles. The molecule has 2 aliphatic heterocycles. The van der Waals surface area contributed by atoms with Gasteiger partial charge in [0.15, 0.2) is 4.80 Å². The van der Waals surface area contributed by atoms with Crippen molar-refractivity contribution in [3.8, 4) is 5.75 Å². The summed E-state index contributed by atoms with van der Waals surface area (Å²) in [5.41, 5.74) is 3.23. The van der Waals surface area contributed by atoms with E-state index in [0.29, 0.717) is 25.6 Å². The largest absolute Gasteiger partial charge is 0.485 e. The fourth-order valence-corrected chi connectivity index (χ4v) is 5.57. The molecule has 184 valence electrons. The van der Waals surface area contributed by atoms with E-state index in [-0.39, 0.29) is 17.8 Å². The summed E-state index contributed by atoms with van der Waals surface area (Å²) >= 11 is 7.42. The highest BCUT2D eigenvalue weighted by atomic mass is 35.5. The number of allylic oxidation sites excluding steroid dienone is 1. The summed E-state index contributed by atoms with van der Waals surface area (Å²) < 4.78 is 13.7. The third kappa shape index (κ3) is 4.45. The summed E-state index contributed by atoms with van der Waals surface area (Å²) in [5, 5.41) is 0.566. The molecule has 2 atom stereocenters. The molecule has 3 aromatic rings. The summed E-state index contributed by atoms with van der Waals surface area (Å²) in [4.78, 5) is 32.1. The molecule has 0 radical (unpaired) electrons. The number of nitrogens with zero attached hydrogens (tertiary/aromatic N) is 2. The maximum atomic E-state index is 13.8. The Labute approximate surface area is 217 Å². The number of esters is 1. The average molecular weight is 521 g/mol. The molecule has 3 heterocycles. The van der Waals surface area contributed by atoms with Gasteiger partial charge in [-0.05, 0) is 69.2 Å². The zero-order chi connectivity index (χ0) is 25.6. The minimum Gasteiger partial charge on any atom is -0.485 e. The molecule has 36 heavy (non-hydrogen) atoms. The van der Waals surface area contributed by atoms with Gasteiger partial charge in [0.1, 0.15) is 11.9 Å². The second-order valence-electron chi connectivity index (χ2n) is 9.03. The fourth-order valence-electron chi connectivity index (χ4n) is 4.39. The van der Waals surface area contributed by atoms with E-state index in [1.54, 1.807) is 37.5 Å². The molecule has 6 nitrogen and oxygen atoms in total. The Kier molecular flexibility index (Phi) is 6.45. The van der Waals surface area contributed by atoms with Gasteiger partial charge in [-0.2, -0.15) is 0 Å². The Morgan fingerprint density at radius 2 is 1.92 bits per heavy atom. The smallest absolute Gasteiger partial charge is 0.338 e. The number of carbonyl (C=O) groups excluding carboxylic acids is 1. The molecule has 0 spiro atoms. The lowest BCUT2D eigenvalue weighted by Crippen LogP contribution is -2.40. The number of para-hydroxylation sites is 1. The van der Waals surface area contributed by atoms with Gasteiger partial charge in [0, 0.05) is 10.6 Å². The standard InChI is InChI=1S/C28H25ClN2O4S/c1-15(2)34-27(33)24-16(3)30-28-31(25(24)18-9-11-21(29)12-10-18)26(32)23(36-28)14-20-13-19-7-5-6-8-22(19)35-17(20)4/h5-15,17,25H,1-4H3. The van der Waals surface area contributed by atoms with Gasteiger partial charge in [-0.1, -0.05) is 53.3 Å². The minimum atomic E-state index is -0.679. The zero-order valence-electron chi connectivity index (χ0n) is 20.3. The van der Waals surface area contributed by atoms with Gasteiger partial charge >= 0.3 is 5.97 Å². The number of ether oxygens (including phenoxy) is 2. The predicted molar refractivity (Wildman–Crippen MR) is 142 cm³/mol. The number of aromatic nitrogens is 1. The van der Waals surface area contributed by atoms with Crippen molar-refractivity contribution in [3.05, 3.63) is 101 Å². The first-order valence-electron chi connectivity index (χ1n) is 11.7. The number of hydrogen-bond acceptors (Lipinski definition) is 6. The van der Waals surface area contributed by atoms with Crippen LogP contribution in [0.1, 0.15) is 44.9 Å². The van der Waals surface area contributed by atoms with E-state index in [9.17, 15) is 9.59 Å². The second-order valence-corrected chi connectivity index (χ2v) is 10.5. The van der Waals surface area contributed by atoms with E-state index in [2.05, 4.69) is 4.99 Å². The maximum absolute atomic E-state index is 13.8. The molecule has 0 bridgehead atoms. The molecule has 0 N–H and O–H groups in total. The van der Waals surface area contributed by atoms with Crippen molar-refractivity contribution in [2.75, 3.05) is 0 Å². The van der Waals surface area contributed by atoms with E-state index >= 15 is 0 Å². The molecule has 0 saturated heterocycles. The van der Waals surface area contributed by atoms with Crippen LogP contribution in [0.4, 0.5) is 0 Å². The molecular formula is C28H25ClN2O4S. The molecule has 2 aliphatic rings. The Morgan fingerprint density at radius 1 is 1.19 bits per heavy atom. The third-order valence-corrected chi connectivity index (χ3v) is 7.32. The molecule has 5 rings (SSSR count). The normalized spacial score (nSPS) is 19.3. The maximum Gasteiger partial charge on any atom is 0.338 e. The van der Waals surface area contributed by atoms with Gasteiger partial charge in [0.25, 0.3) is 5.56 Å². The van der Waals surface area contributed by atoms with Crippen LogP contribution in [-0.2, 0) is 9.53 Å². The van der Waals surface area contributed by atoms with Crippen LogP contribution in [0.15, 0.2) is 75.2 Å². The molecule has 0 aliphatic carbocycles. The summed E-state index contributed by atoms with van der Waals surface area (Å²) in [5.74, 6) is 0.323. The van der Waals surface area contributed by atoms with E-state index in [4.69, 9.17) is 21.1 Å². The quantitative estimate of drug-likeness (QED) is 0.469. The van der Waals surface area contributed by atoms with Gasteiger partial charge in [-0.3, -0.25) is 9.36 Å². The lowest BCUT2D eigenvalue weighted by Gasteiger charge is -2.25. The van der Waals surface area contributed by atoms with Gasteiger partial charge < -0.3 is 9.47 Å². The van der Waals surface area contributed by atoms with Gasteiger partial charge in [0.2, 0.25) is 0 Å². The first-order valence-corrected chi connectivity index (χ1v) is 12.9. The highest BCUT2D eigenvalue weighted by molar-refractivity contribution is 7.07. The molecule has 2 unspecified atom stereocenters. The van der Waals surface area contributed by atoms with Crippen LogP contribution in [0.5, 0.6) is 5.75 Å². The van der Waals surface area contributed by atoms with E-state index in [0.717, 1.165) is 22.4 Å². The number of rotatable bonds is 4. The van der Waals surface area contributed by atoms with Crippen molar-refractivity contribution in [2.24, 2.45) is 4.99 Å². The monoisotopic (exact) mass is 520 g/mol. The van der Waals surface area contributed by atoms with Crippen molar-refractivity contribution in [1.82, 2.24) is 4.57 Å². The van der Waals surface area contributed by atoms with Gasteiger partial charge in [-0.15, -0.1) is 0 Å². The van der Waals surface area contributed by atoms with Crippen molar-refractivity contribution in [2.45, 2.75) is 45.9 Å². The van der Waals surface area contributed by atoms with Crippen LogP contribution in [0.3, 0.4) is 0 Å². The van der Waals surface area contributed by atoms with Crippen LogP contribution in [0.2, 0.25) is 5.02 Å². The van der Waals surface area contributed by atoms with E-state index in [1.165, 1.54) is 11.3 Å². The SMILES string of the molecule is CC1=C(C(=O)OC(C)C)C(c2ccc(Cl)cc2)n2c(sc(=CC3=Cc4ccccc4OC3C)c2=O)=N1. The highest BCUT2D eigenvalue weighted by Crippen LogP contribution is 2.32. The lowest BCUT2D eigenvalue weighted by atomic mass is 9.96. The lowest BCUT2D eigenvalue weighted by molar-refractivity contribution is -0.143. The Morgan fingerprint density at radius 3 is 2.64 bits per heavy atom. The Balaban J connectivity index is 1.69. The topological polar surface area (TPSA) is 69.9 Å². The first kappa shape index (κ1) is 24.3. The van der Waals surface area contributed by atoms with Crippen molar-refractivity contribution in [3.63, 3.8) is 0 Å². The molecule has 8 heteroatoms. The number of halogens is 1. The van der Waals surface area contributed by atoms with Gasteiger partial charge in [-0.25, -0.2) is 9.79 Å². The average Bonchev–Trinajstić information content (AvgIpc) is 3.13. The number of hydrogen-bond donors (Lipinski definition) is 0. The number of fused-ring (bicyclic) bond motifs is 2. The number of carbonyl (C=O) groups is 1. The summed E-state index contributed by atoms with van der Waals surface area (Å²) in [6.07, 6.45) is 3.36. The summed E-state index contributed by atoms with van der Waals surface area (Å²) in [7, 11) is 0. The van der Waals surface area contributed by atoms with Crippen LogP contribution >= 0.6 is 22.9 Å². The van der Waals surface area contributed by atoms with Crippen molar-refractivity contribution >= 4 is 41.1 Å². The van der Waals surface area contributed by atoms with Crippen LogP contribution < -0.4 is 19.6 Å². The summed E-state index contributed by atoms with van der Waals surface area (Å²) in [6.45, 7) is 7.31. The van der Waals surface area contributed by atoms with Crippen LogP contribution in [0.25, 0.3) is 12.2 Å². The Bertz CT molecular complexity index is 1600. The molecular weight excluding hydrogens is 496 g/mol. The molecule has 0 fully saturated rings. The fraction of sp³-hybridized carbons (Fsp3) is 0.250. The van der Waals surface area contributed by atoms with E-state index in [1.807, 2.05) is 55.5 Å². The van der Waals surface area contributed by atoms with Crippen LogP contribution in [0, 0.1) is 0 Å². The van der Waals surface area contributed by atoms with Crippen molar-refractivity contribution in [1.29, 1.82) is 0 Å². The summed E-state index contributed by atoms with van der Waals surface area (Å²) in [6, 6.07) is 14.3. The van der Waals surface area contributed by atoms with E-state index < -0.39 is 12.0 Å². The molecule has 0 saturated carbocycles. The first-order chi connectivity index (χ1) is 17.2. The van der Waals surface area contributed by atoms with Gasteiger partial charge in [0.05, 0.1) is 27.9 Å². The molecule has 1 aromatic heterocycles.